The van der Waals surface area contributed by atoms with E-state index in [0.717, 1.165) is 5.39 Å². The van der Waals surface area contributed by atoms with Crippen molar-refractivity contribution in [1.82, 2.24) is 4.90 Å². The number of halogens is 1. The molecular formula is C22H20FN3O3. The molecule has 0 spiro atoms. The third-order valence-corrected chi connectivity index (χ3v) is 5.25. The number of carbonyl (C=O) groups excluding carboxylic acids is 2. The van der Waals surface area contributed by atoms with Gasteiger partial charge in [0.05, 0.1) is 12.0 Å². The summed E-state index contributed by atoms with van der Waals surface area (Å²) in [6, 6.07) is 13.5. The Hall–Kier alpha value is -3.48. The first kappa shape index (κ1) is 18.9. The minimum absolute atomic E-state index is 0.0118. The first-order chi connectivity index (χ1) is 13.8. The van der Waals surface area contributed by atoms with Gasteiger partial charge in [-0.25, -0.2) is 9.38 Å². The number of carbonyl (C=O) groups is 2. The number of rotatable bonds is 4. The summed E-state index contributed by atoms with van der Waals surface area (Å²) in [5, 5.41) is 0.845. The molecule has 29 heavy (non-hydrogen) atoms. The highest BCUT2D eigenvalue weighted by Crippen LogP contribution is 2.35. The van der Waals surface area contributed by atoms with Gasteiger partial charge in [-0.2, -0.15) is 0 Å². The van der Waals surface area contributed by atoms with Crippen molar-refractivity contribution in [2.45, 2.75) is 25.3 Å². The number of benzene rings is 2. The third kappa shape index (κ3) is 3.40. The Morgan fingerprint density at radius 2 is 2.03 bits per heavy atom. The number of hydrogen-bond donors (Lipinski definition) is 1. The zero-order valence-corrected chi connectivity index (χ0v) is 16.1. The van der Waals surface area contributed by atoms with Crippen molar-refractivity contribution in [3.63, 3.8) is 0 Å². The highest BCUT2D eigenvalue weighted by molar-refractivity contribution is 5.99. The molecular weight excluding hydrogens is 373 g/mol. The van der Waals surface area contributed by atoms with E-state index in [1.165, 1.54) is 18.0 Å². The first-order valence-electron chi connectivity index (χ1n) is 9.19. The van der Waals surface area contributed by atoms with E-state index in [0.29, 0.717) is 11.1 Å². The Morgan fingerprint density at radius 3 is 2.76 bits per heavy atom. The number of guanidine groups is 1. The Balaban J connectivity index is 1.65. The molecule has 1 unspecified atom stereocenters. The normalized spacial score (nSPS) is 19.5. The molecule has 2 N–H and O–H groups in total. The van der Waals surface area contributed by atoms with Crippen LogP contribution in [0.1, 0.15) is 35.0 Å². The molecule has 2 aromatic carbocycles. The molecule has 2 heterocycles. The van der Waals surface area contributed by atoms with Crippen LogP contribution in [-0.4, -0.2) is 29.6 Å². The van der Waals surface area contributed by atoms with Crippen molar-refractivity contribution >= 4 is 28.6 Å². The summed E-state index contributed by atoms with van der Waals surface area (Å²) >= 11 is 0. The van der Waals surface area contributed by atoms with Crippen LogP contribution in [0.25, 0.3) is 11.0 Å². The summed E-state index contributed by atoms with van der Waals surface area (Å²) in [7, 11) is 1.53. The molecule has 6 nitrogen and oxygen atoms in total. The monoisotopic (exact) mass is 393 g/mol. The quantitative estimate of drug-likeness (QED) is 0.688. The van der Waals surface area contributed by atoms with Gasteiger partial charge in [-0.3, -0.25) is 14.5 Å². The molecule has 1 aliphatic rings. The largest absolute Gasteiger partial charge is 0.453 e. The van der Waals surface area contributed by atoms with Crippen LogP contribution in [0.2, 0.25) is 0 Å². The molecule has 0 saturated carbocycles. The Morgan fingerprint density at radius 1 is 1.28 bits per heavy atom. The number of ketones is 1. The molecule has 0 bridgehead atoms. The molecule has 0 saturated heterocycles. The van der Waals surface area contributed by atoms with E-state index in [1.54, 1.807) is 31.2 Å². The van der Waals surface area contributed by atoms with Crippen molar-refractivity contribution < 1.29 is 18.4 Å². The number of hydrogen-bond acceptors (Lipinski definition) is 5. The highest BCUT2D eigenvalue weighted by Gasteiger charge is 2.38. The predicted octanol–water partition coefficient (Wildman–Crippen LogP) is 3.39. The minimum atomic E-state index is -1.13. The molecule has 1 amide bonds. The number of aliphatic imine (C=N–C) groups is 1. The van der Waals surface area contributed by atoms with Crippen LogP contribution in [0.15, 0.2) is 57.9 Å². The van der Waals surface area contributed by atoms with Crippen molar-refractivity contribution in [3.8, 4) is 0 Å². The van der Waals surface area contributed by atoms with Crippen LogP contribution in [-0.2, 0) is 16.8 Å². The molecule has 7 heteroatoms. The van der Waals surface area contributed by atoms with E-state index in [2.05, 4.69) is 4.99 Å². The van der Waals surface area contributed by atoms with Gasteiger partial charge < -0.3 is 10.2 Å². The van der Waals surface area contributed by atoms with Gasteiger partial charge in [-0.05, 0) is 36.8 Å². The average Bonchev–Trinajstić information content (AvgIpc) is 3.12. The van der Waals surface area contributed by atoms with E-state index >= 15 is 0 Å². The fraction of sp³-hybridized carbons (Fsp3) is 0.227. The fourth-order valence-corrected chi connectivity index (χ4v) is 3.55. The average molecular weight is 393 g/mol. The number of amides is 1. The summed E-state index contributed by atoms with van der Waals surface area (Å²) in [4.78, 5) is 30.5. The van der Waals surface area contributed by atoms with Gasteiger partial charge >= 0.3 is 0 Å². The molecule has 148 valence electrons. The molecule has 1 aromatic heterocycles. The Kier molecular flexibility index (Phi) is 4.45. The minimum Gasteiger partial charge on any atom is -0.453 e. The summed E-state index contributed by atoms with van der Waals surface area (Å²) < 4.78 is 20.2. The summed E-state index contributed by atoms with van der Waals surface area (Å²) in [6.45, 7) is 1.66. The van der Waals surface area contributed by atoms with Crippen molar-refractivity contribution in [2.24, 2.45) is 10.7 Å². The van der Waals surface area contributed by atoms with Gasteiger partial charge in [-0.1, -0.05) is 24.3 Å². The van der Waals surface area contributed by atoms with Crippen LogP contribution < -0.4 is 5.73 Å². The van der Waals surface area contributed by atoms with E-state index in [1.807, 2.05) is 18.2 Å². The second kappa shape index (κ2) is 6.84. The maximum atomic E-state index is 14.6. The number of para-hydroxylation sites is 1. The number of nitrogens with zero attached hydrogens (tertiary/aromatic N) is 2. The van der Waals surface area contributed by atoms with Crippen LogP contribution >= 0.6 is 0 Å². The summed E-state index contributed by atoms with van der Waals surface area (Å²) in [5.74, 6) is -0.678. The topological polar surface area (TPSA) is 88.9 Å². The van der Waals surface area contributed by atoms with Gasteiger partial charge in [0.25, 0.3) is 0 Å². The summed E-state index contributed by atoms with van der Waals surface area (Å²) in [6.07, 6.45) is 0.0261. The number of fused-ring (bicyclic) bond motifs is 1. The molecule has 3 aromatic rings. The van der Waals surface area contributed by atoms with E-state index in [4.69, 9.17) is 10.2 Å². The highest BCUT2D eigenvalue weighted by atomic mass is 19.1. The SMILES string of the molecule is CN1C(=O)CC(C)(c2cc(CC(=O)c3cc4ccccc4o3)ccc2F)N=C1N. The van der Waals surface area contributed by atoms with Gasteiger partial charge in [-0.15, -0.1) is 0 Å². The standard InChI is InChI=1S/C22H20FN3O3/c1-22(12-20(28)26(2)21(24)25-22)15-9-13(7-8-16(15)23)10-17(27)19-11-14-5-3-4-6-18(14)29-19/h3-9,11H,10,12H2,1-2H3,(H2,24,25). The van der Waals surface area contributed by atoms with Crippen molar-refractivity contribution in [1.29, 1.82) is 0 Å². The lowest BCUT2D eigenvalue weighted by Gasteiger charge is -2.34. The second-order valence-corrected chi connectivity index (χ2v) is 7.44. The molecule has 0 fully saturated rings. The van der Waals surface area contributed by atoms with Crippen LogP contribution in [0.3, 0.4) is 0 Å². The number of Topliss-reactive ketones (excluding diaryl/α,β-unsaturated/α-hetero) is 1. The molecule has 1 atom stereocenters. The zero-order valence-electron chi connectivity index (χ0n) is 16.1. The third-order valence-electron chi connectivity index (χ3n) is 5.25. The van der Waals surface area contributed by atoms with Crippen LogP contribution in [0.5, 0.6) is 0 Å². The fourth-order valence-electron chi connectivity index (χ4n) is 3.55. The van der Waals surface area contributed by atoms with Crippen molar-refractivity contribution in [3.05, 3.63) is 71.2 Å². The first-order valence-corrected chi connectivity index (χ1v) is 9.19. The second-order valence-electron chi connectivity index (χ2n) is 7.44. The van der Waals surface area contributed by atoms with E-state index in [-0.39, 0.29) is 41.8 Å². The van der Waals surface area contributed by atoms with Crippen LogP contribution in [0, 0.1) is 5.82 Å². The molecule has 0 aliphatic carbocycles. The van der Waals surface area contributed by atoms with Gasteiger partial charge in [0, 0.05) is 24.4 Å². The lowest BCUT2D eigenvalue weighted by Crippen LogP contribution is -2.47. The van der Waals surface area contributed by atoms with Gasteiger partial charge in [0.1, 0.15) is 11.4 Å². The van der Waals surface area contributed by atoms with Crippen molar-refractivity contribution in [2.75, 3.05) is 7.05 Å². The molecule has 1 aliphatic heterocycles. The van der Waals surface area contributed by atoms with Gasteiger partial charge in [0.2, 0.25) is 11.7 Å². The van der Waals surface area contributed by atoms with E-state index < -0.39 is 11.4 Å². The Labute approximate surface area is 166 Å². The Bertz CT molecular complexity index is 1130. The predicted molar refractivity (Wildman–Crippen MR) is 107 cm³/mol. The maximum absolute atomic E-state index is 14.6. The summed E-state index contributed by atoms with van der Waals surface area (Å²) in [5.41, 5.74) is 6.18. The van der Waals surface area contributed by atoms with Gasteiger partial charge in [0.15, 0.2) is 11.7 Å². The number of nitrogens with two attached hydrogens (primary N) is 1. The number of furan rings is 1. The lowest BCUT2D eigenvalue weighted by atomic mass is 9.85. The smallest absolute Gasteiger partial charge is 0.231 e. The molecule has 0 radical (unpaired) electrons. The maximum Gasteiger partial charge on any atom is 0.231 e. The van der Waals surface area contributed by atoms with E-state index in [9.17, 15) is 14.0 Å². The molecule has 4 rings (SSSR count). The lowest BCUT2D eigenvalue weighted by molar-refractivity contribution is -0.128. The zero-order chi connectivity index (χ0) is 20.8. The van der Waals surface area contributed by atoms with Crippen LogP contribution in [0.4, 0.5) is 4.39 Å².